The molecule has 1 atom stereocenters. The Hall–Kier alpha value is -1.43. The summed E-state index contributed by atoms with van der Waals surface area (Å²) in [6.07, 6.45) is 0.627. The van der Waals surface area contributed by atoms with Crippen molar-refractivity contribution in [2.45, 2.75) is 32.7 Å². The van der Waals surface area contributed by atoms with E-state index < -0.39 is 23.8 Å². The van der Waals surface area contributed by atoms with Crippen molar-refractivity contribution in [2.24, 2.45) is 5.92 Å². The van der Waals surface area contributed by atoms with Gasteiger partial charge in [-0.25, -0.2) is 4.79 Å². The highest BCUT2D eigenvalue weighted by Crippen LogP contribution is 2.17. The van der Waals surface area contributed by atoms with Gasteiger partial charge < -0.3 is 5.11 Å². The molecule has 1 fully saturated rings. The predicted molar refractivity (Wildman–Crippen MR) is 55.3 cm³/mol. The summed E-state index contributed by atoms with van der Waals surface area (Å²) < 4.78 is 0. The number of barbiturate groups is 1. The summed E-state index contributed by atoms with van der Waals surface area (Å²) in [5.41, 5.74) is 0. The first-order chi connectivity index (χ1) is 7.49. The van der Waals surface area contributed by atoms with Crippen LogP contribution in [0.4, 0.5) is 4.79 Å². The Morgan fingerprint density at radius 3 is 2.50 bits per heavy atom. The number of amides is 4. The van der Waals surface area contributed by atoms with Crippen LogP contribution in [-0.4, -0.2) is 40.5 Å². The third-order valence-electron chi connectivity index (χ3n) is 2.47. The molecule has 1 saturated heterocycles. The summed E-state index contributed by atoms with van der Waals surface area (Å²) in [6, 6.07) is -0.942. The maximum atomic E-state index is 11.9. The van der Waals surface area contributed by atoms with E-state index >= 15 is 0 Å². The molecule has 1 rings (SSSR count). The van der Waals surface area contributed by atoms with E-state index in [9.17, 15) is 14.4 Å². The molecule has 0 radical (unpaired) electrons. The minimum atomic E-state index is -0.854. The minimum absolute atomic E-state index is 0.0767. The smallest absolute Gasteiger partial charge is 0.331 e. The van der Waals surface area contributed by atoms with Crippen LogP contribution in [0.3, 0.4) is 0 Å². The molecule has 16 heavy (non-hydrogen) atoms. The van der Waals surface area contributed by atoms with Gasteiger partial charge in [-0.05, 0) is 26.7 Å². The Balaban J connectivity index is 2.81. The molecule has 0 aromatic rings. The number of nitrogens with one attached hydrogen (secondary N) is 1. The SMILES string of the molecule is CC(C)N1C(=O)NC(=O)C(CCCO)C1=O. The molecule has 0 aromatic heterocycles. The van der Waals surface area contributed by atoms with Crippen LogP contribution in [0.15, 0.2) is 0 Å². The average molecular weight is 228 g/mol. The van der Waals surface area contributed by atoms with Gasteiger partial charge >= 0.3 is 6.03 Å². The highest BCUT2D eigenvalue weighted by Gasteiger charge is 2.40. The Morgan fingerprint density at radius 1 is 1.38 bits per heavy atom. The molecule has 6 nitrogen and oxygen atoms in total. The molecule has 4 amide bonds. The molecule has 0 saturated carbocycles. The van der Waals surface area contributed by atoms with Crippen molar-refractivity contribution in [3.05, 3.63) is 0 Å². The van der Waals surface area contributed by atoms with Crippen molar-refractivity contribution < 1.29 is 19.5 Å². The molecule has 2 N–H and O–H groups in total. The van der Waals surface area contributed by atoms with E-state index in [4.69, 9.17) is 5.11 Å². The molecule has 0 aliphatic carbocycles. The van der Waals surface area contributed by atoms with Crippen molar-refractivity contribution in [1.82, 2.24) is 10.2 Å². The topological polar surface area (TPSA) is 86.7 Å². The molecule has 0 spiro atoms. The molecule has 90 valence electrons. The lowest BCUT2D eigenvalue weighted by Gasteiger charge is -2.32. The first-order valence-electron chi connectivity index (χ1n) is 5.27. The van der Waals surface area contributed by atoms with Crippen LogP contribution in [0.2, 0.25) is 0 Å². The number of hydrogen-bond acceptors (Lipinski definition) is 4. The Morgan fingerprint density at radius 2 is 2.00 bits per heavy atom. The van der Waals surface area contributed by atoms with E-state index in [0.717, 1.165) is 4.90 Å². The molecule has 0 aromatic carbocycles. The molecule has 1 heterocycles. The summed E-state index contributed by atoms with van der Waals surface area (Å²) in [7, 11) is 0. The van der Waals surface area contributed by atoms with Crippen molar-refractivity contribution in [3.63, 3.8) is 0 Å². The van der Waals surface area contributed by atoms with Gasteiger partial charge in [-0.2, -0.15) is 0 Å². The lowest BCUT2D eigenvalue weighted by atomic mass is 9.98. The van der Waals surface area contributed by atoms with Gasteiger partial charge in [0.2, 0.25) is 11.8 Å². The number of carbonyl (C=O) groups is 3. The fourth-order valence-electron chi connectivity index (χ4n) is 1.67. The van der Waals surface area contributed by atoms with E-state index in [1.54, 1.807) is 13.8 Å². The third-order valence-corrected chi connectivity index (χ3v) is 2.47. The first kappa shape index (κ1) is 12.6. The van der Waals surface area contributed by atoms with Gasteiger partial charge in [0.15, 0.2) is 0 Å². The van der Waals surface area contributed by atoms with Crippen LogP contribution in [0, 0.1) is 5.92 Å². The Kier molecular flexibility index (Phi) is 4.00. The number of urea groups is 1. The van der Waals surface area contributed by atoms with Gasteiger partial charge in [-0.15, -0.1) is 0 Å². The van der Waals surface area contributed by atoms with Crippen molar-refractivity contribution in [1.29, 1.82) is 0 Å². The zero-order chi connectivity index (χ0) is 12.3. The van der Waals surface area contributed by atoms with Gasteiger partial charge in [0.25, 0.3) is 0 Å². The second kappa shape index (κ2) is 5.07. The van der Waals surface area contributed by atoms with E-state index in [-0.39, 0.29) is 19.1 Å². The van der Waals surface area contributed by atoms with E-state index in [1.807, 2.05) is 0 Å². The maximum absolute atomic E-state index is 11.9. The summed E-state index contributed by atoms with van der Waals surface area (Å²) >= 11 is 0. The fraction of sp³-hybridized carbons (Fsp3) is 0.700. The fourth-order valence-corrected chi connectivity index (χ4v) is 1.67. The maximum Gasteiger partial charge on any atom is 0.331 e. The van der Waals surface area contributed by atoms with Crippen molar-refractivity contribution in [2.75, 3.05) is 6.61 Å². The third kappa shape index (κ3) is 2.38. The summed E-state index contributed by atoms with van der Waals surface area (Å²) in [6.45, 7) is 3.33. The van der Waals surface area contributed by atoms with Crippen LogP contribution in [-0.2, 0) is 9.59 Å². The van der Waals surface area contributed by atoms with Crippen LogP contribution in [0.5, 0.6) is 0 Å². The molecule has 1 unspecified atom stereocenters. The lowest BCUT2D eigenvalue weighted by molar-refractivity contribution is -0.144. The van der Waals surface area contributed by atoms with Gasteiger partial charge in [0, 0.05) is 12.6 Å². The summed E-state index contributed by atoms with van der Waals surface area (Å²) in [5, 5.41) is 10.8. The number of carbonyl (C=O) groups excluding carboxylic acids is 3. The number of aliphatic hydroxyl groups is 1. The number of rotatable bonds is 4. The number of aliphatic hydroxyl groups excluding tert-OH is 1. The van der Waals surface area contributed by atoms with Crippen LogP contribution < -0.4 is 5.32 Å². The molecular formula is C10H16N2O4. The summed E-state index contributed by atoms with van der Waals surface area (Å²) in [5.74, 6) is -1.90. The normalized spacial score (nSPS) is 21.6. The van der Waals surface area contributed by atoms with E-state index in [0.29, 0.717) is 6.42 Å². The van der Waals surface area contributed by atoms with Crippen LogP contribution in [0.1, 0.15) is 26.7 Å². The minimum Gasteiger partial charge on any atom is -0.396 e. The van der Waals surface area contributed by atoms with Crippen molar-refractivity contribution in [3.8, 4) is 0 Å². The number of imide groups is 2. The van der Waals surface area contributed by atoms with E-state index in [2.05, 4.69) is 5.32 Å². The Bertz CT molecular complexity index is 314. The molecule has 6 heteroatoms. The molecule has 1 aliphatic heterocycles. The largest absolute Gasteiger partial charge is 0.396 e. The Labute approximate surface area is 93.6 Å². The molecule has 1 aliphatic rings. The summed E-state index contributed by atoms with van der Waals surface area (Å²) in [4.78, 5) is 35.7. The van der Waals surface area contributed by atoms with Gasteiger partial charge in [-0.1, -0.05) is 0 Å². The quantitative estimate of drug-likeness (QED) is 0.656. The zero-order valence-electron chi connectivity index (χ0n) is 9.40. The standard InChI is InChI=1S/C10H16N2O4/c1-6(2)12-9(15)7(4-3-5-13)8(14)11-10(12)16/h6-7,13H,3-5H2,1-2H3,(H,11,14,16). The number of hydrogen-bond donors (Lipinski definition) is 2. The van der Waals surface area contributed by atoms with Crippen molar-refractivity contribution >= 4 is 17.8 Å². The lowest BCUT2D eigenvalue weighted by Crippen LogP contribution is -2.59. The highest BCUT2D eigenvalue weighted by atomic mass is 16.3. The first-order valence-corrected chi connectivity index (χ1v) is 5.27. The van der Waals surface area contributed by atoms with Gasteiger partial charge in [0.05, 0.1) is 0 Å². The highest BCUT2D eigenvalue weighted by molar-refractivity contribution is 6.16. The van der Waals surface area contributed by atoms with Gasteiger partial charge in [0.1, 0.15) is 5.92 Å². The second-order valence-corrected chi connectivity index (χ2v) is 4.01. The van der Waals surface area contributed by atoms with Crippen LogP contribution in [0.25, 0.3) is 0 Å². The average Bonchev–Trinajstić information content (AvgIpc) is 2.16. The molecular weight excluding hydrogens is 212 g/mol. The van der Waals surface area contributed by atoms with E-state index in [1.165, 1.54) is 0 Å². The second-order valence-electron chi connectivity index (χ2n) is 4.01. The van der Waals surface area contributed by atoms with Crippen LogP contribution >= 0.6 is 0 Å². The van der Waals surface area contributed by atoms with Gasteiger partial charge in [-0.3, -0.25) is 19.8 Å². The monoisotopic (exact) mass is 228 g/mol. The molecule has 0 bridgehead atoms. The number of nitrogens with zero attached hydrogens (tertiary/aromatic N) is 1. The predicted octanol–water partition coefficient (Wildman–Crippen LogP) is -0.138. The zero-order valence-corrected chi connectivity index (χ0v) is 9.40.